The van der Waals surface area contributed by atoms with Crippen LogP contribution in [0.25, 0.3) is 16.6 Å². The van der Waals surface area contributed by atoms with Gasteiger partial charge in [-0.2, -0.15) is 13.2 Å². The van der Waals surface area contributed by atoms with Gasteiger partial charge < -0.3 is 15.2 Å². The Hall–Kier alpha value is -4.21. The third kappa shape index (κ3) is 4.40. The van der Waals surface area contributed by atoms with Gasteiger partial charge in [0.25, 0.3) is 11.8 Å². The summed E-state index contributed by atoms with van der Waals surface area (Å²) >= 11 is 0. The third-order valence-electron chi connectivity index (χ3n) is 4.96. The minimum Gasteiger partial charge on any atom is -0.354 e. The van der Waals surface area contributed by atoms with Crippen molar-refractivity contribution in [3.05, 3.63) is 89.6 Å². The number of benzene rings is 2. The van der Waals surface area contributed by atoms with Crippen LogP contribution >= 0.6 is 0 Å². The average molecular weight is 456 g/mol. The second kappa shape index (κ2) is 8.38. The molecular weight excluding hydrogens is 440 g/mol. The fourth-order valence-electron chi connectivity index (χ4n) is 3.35. The molecule has 2 aromatic heterocycles. The van der Waals surface area contributed by atoms with Crippen molar-refractivity contribution in [2.24, 2.45) is 0 Å². The standard InChI is InChI=1S/C23H16F4N4O2/c1-28-22(33)19-12-16(6-8-29-19)31-9-7-13-10-15(3-5-20(13)31)30-21(32)14-2-4-18(24)17(11-14)23(25,26)27/h2-12H,1H3,(H,28,33)(H,30,32). The molecule has 0 radical (unpaired) electrons. The van der Waals surface area contributed by atoms with E-state index in [1.165, 1.54) is 13.2 Å². The lowest BCUT2D eigenvalue weighted by Crippen LogP contribution is -2.19. The Morgan fingerprint density at radius 2 is 1.76 bits per heavy atom. The number of rotatable bonds is 4. The van der Waals surface area contributed by atoms with Gasteiger partial charge in [-0.3, -0.25) is 14.6 Å². The lowest BCUT2D eigenvalue weighted by Gasteiger charge is -2.11. The zero-order valence-electron chi connectivity index (χ0n) is 17.1. The summed E-state index contributed by atoms with van der Waals surface area (Å²) in [5.74, 6) is -2.58. The maximum Gasteiger partial charge on any atom is 0.419 e. The van der Waals surface area contributed by atoms with Crippen LogP contribution in [0.5, 0.6) is 0 Å². The molecule has 10 heteroatoms. The summed E-state index contributed by atoms with van der Waals surface area (Å²) in [5, 5.41) is 5.78. The number of carbonyl (C=O) groups excluding carboxylic acids is 2. The van der Waals surface area contributed by atoms with Crippen LogP contribution < -0.4 is 10.6 Å². The summed E-state index contributed by atoms with van der Waals surface area (Å²) in [7, 11) is 1.51. The Bertz CT molecular complexity index is 1380. The topological polar surface area (TPSA) is 76.0 Å². The maximum atomic E-state index is 13.5. The Labute approximate surface area is 184 Å². The van der Waals surface area contributed by atoms with E-state index in [1.807, 2.05) is 4.57 Å². The zero-order valence-corrected chi connectivity index (χ0v) is 17.1. The van der Waals surface area contributed by atoms with E-state index in [4.69, 9.17) is 0 Å². The monoisotopic (exact) mass is 456 g/mol. The van der Waals surface area contributed by atoms with Gasteiger partial charge in [-0.25, -0.2) is 4.39 Å². The van der Waals surface area contributed by atoms with Gasteiger partial charge in [-0.15, -0.1) is 0 Å². The highest BCUT2D eigenvalue weighted by molar-refractivity contribution is 6.05. The van der Waals surface area contributed by atoms with E-state index >= 15 is 0 Å². The van der Waals surface area contributed by atoms with Gasteiger partial charge in [0.2, 0.25) is 0 Å². The highest BCUT2D eigenvalue weighted by Gasteiger charge is 2.34. The molecule has 0 aliphatic rings. The summed E-state index contributed by atoms with van der Waals surface area (Å²) in [6.45, 7) is 0. The minimum atomic E-state index is -4.91. The van der Waals surface area contributed by atoms with Gasteiger partial charge in [0.1, 0.15) is 11.5 Å². The van der Waals surface area contributed by atoms with Crippen molar-refractivity contribution in [1.29, 1.82) is 0 Å². The van der Waals surface area contributed by atoms with Gasteiger partial charge in [-0.05, 0) is 54.6 Å². The van der Waals surface area contributed by atoms with Crippen molar-refractivity contribution >= 4 is 28.4 Å². The molecule has 0 aliphatic heterocycles. The van der Waals surface area contributed by atoms with Crippen LogP contribution in [0.3, 0.4) is 0 Å². The molecule has 4 aromatic rings. The van der Waals surface area contributed by atoms with E-state index in [-0.39, 0.29) is 17.2 Å². The first kappa shape index (κ1) is 22.0. The van der Waals surface area contributed by atoms with Crippen molar-refractivity contribution in [2.45, 2.75) is 6.18 Å². The van der Waals surface area contributed by atoms with Gasteiger partial charge >= 0.3 is 6.18 Å². The number of carbonyl (C=O) groups is 2. The molecule has 0 saturated heterocycles. The molecule has 0 unspecified atom stereocenters. The predicted molar refractivity (Wildman–Crippen MR) is 114 cm³/mol. The first-order valence-corrected chi connectivity index (χ1v) is 9.65. The largest absolute Gasteiger partial charge is 0.419 e. The second-order valence-corrected chi connectivity index (χ2v) is 7.08. The molecule has 0 atom stereocenters. The Balaban J connectivity index is 1.61. The summed E-state index contributed by atoms with van der Waals surface area (Å²) in [5.41, 5.74) is 0.239. The number of pyridine rings is 1. The normalized spacial score (nSPS) is 11.4. The molecule has 2 heterocycles. The Morgan fingerprint density at radius 3 is 2.48 bits per heavy atom. The first-order chi connectivity index (χ1) is 15.7. The molecule has 6 nitrogen and oxygen atoms in total. The minimum absolute atomic E-state index is 0.248. The van der Waals surface area contributed by atoms with Crippen LogP contribution in [0.1, 0.15) is 26.4 Å². The average Bonchev–Trinajstić information content (AvgIpc) is 3.21. The summed E-state index contributed by atoms with van der Waals surface area (Å²) in [4.78, 5) is 28.3. The second-order valence-electron chi connectivity index (χ2n) is 7.08. The van der Waals surface area contributed by atoms with Crippen LogP contribution in [0.4, 0.5) is 23.2 Å². The molecule has 0 bridgehead atoms. The van der Waals surface area contributed by atoms with Crippen molar-refractivity contribution in [1.82, 2.24) is 14.9 Å². The number of nitrogens with zero attached hydrogens (tertiary/aromatic N) is 2. The number of fused-ring (bicyclic) bond motifs is 1. The molecule has 33 heavy (non-hydrogen) atoms. The highest BCUT2D eigenvalue weighted by atomic mass is 19.4. The molecule has 168 valence electrons. The van der Waals surface area contributed by atoms with E-state index in [0.717, 1.165) is 17.0 Å². The molecule has 2 N–H and O–H groups in total. The van der Waals surface area contributed by atoms with Crippen LogP contribution in [-0.2, 0) is 6.18 Å². The number of hydrogen-bond donors (Lipinski definition) is 2. The molecule has 0 fully saturated rings. The molecule has 2 aromatic carbocycles. The summed E-state index contributed by atoms with van der Waals surface area (Å²) in [6, 6.07) is 12.2. The Morgan fingerprint density at radius 1 is 0.970 bits per heavy atom. The zero-order chi connectivity index (χ0) is 23.8. The number of aromatic nitrogens is 2. The van der Waals surface area contributed by atoms with Crippen LogP contribution in [-0.4, -0.2) is 28.4 Å². The van der Waals surface area contributed by atoms with Crippen LogP contribution in [0.2, 0.25) is 0 Å². The van der Waals surface area contributed by atoms with Gasteiger partial charge in [0, 0.05) is 41.8 Å². The van der Waals surface area contributed by atoms with Gasteiger partial charge in [0.05, 0.1) is 11.1 Å². The molecule has 0 aliphatic carbocycles. The van der Waals surface area contributed by atoms with Gasteiger partial charge in [-0.1, -0.05) is 0 Å². The Kier molecular flexibility index (Phi) is 5.59. The predicted octanol–water partition coefficient (Wildman–Crippen LogP) is 4.80. The van der Waals surface area contributed by atoms with E-state index in [2.05, 4.69) is 15.6 Å². The fraction of sp³-hybridized carbons (Fsp3) is 0.0870. The summed E-state index contributed by atoms with van der Waals surface area (Å²) < 4.78 is 54.1. The van der Waals surface area contributed by atoms with Crippen molar-refractivity contribution < 1.29 is 27.2 Å². The number of halogens is 4. The molecule has 4 rings (SSSR count). The molecule has 2 amide bonds. The maximum absolute atomic E-state index is 13.5. The smallest absolute Gasteiger partial charge is 0.354 e. The number of alkyl halides is 3. The number of anilines is 1. The fourth-order valence-corrected chi connectivity index (χ4v) is 3.35. The van der Waals surface area contributed by atoms with E-state index in [1.54, 1.807) is 42.6 Å². The van der Waals surface area contributed by atoms with Crippen LogP contribution in [0, 0.1) is 5.82 Å². The van der Waals surface area contributed by atoms with Crippen LogP contribution in [0.15, 0.2) is 67.0 Å². The SMILES string of the molecule is CNC(=O)c1cc(-n2ccc3cc(NC(=O)c4ccc(F)c(C(F)(F)F)c4)ccc32)ccn1. The van der Waals surface area contributed by atoms with E-state index in [0.29, 0.717) is 23.5 Å². The van der Waals surface area contributed by atoms with Crippen molar-refractivity contribution in [3.8, 4) is 5.69 Å². The van der Waals surface area contributed by atoms with Crippen molar-refractivity contribution in [3.63, 3.8) is 0 Å². The lowest BCUT2D eigenvalue weighted by atomic mass is 10.1. The van der Waals surface area contributed by atoms with Gasteiger partial charge in [0.15, 0.2) is 0 Å². The molecule has 0 saturated carbocycles. The highest BCUT2D eigenvalue weighted by Crippen LogP contribution is 2.32. The van der Waals surface area contributed by atoms with Crippen molar-refractivity contribution in [2.75, 3.05) is 12.4 Å². The number of amides is 2. The summed E-state index contributed by atoms with van der Waals surface area (Å²) in [6.07, 6.45) is -1.63. The van der Waals surface area contributed by atoms with E-state index < -0.39 is 23.5 Å². The molecular formula is C23H16F4N4O2. The molecule has 0 spiro atoms. The lowest BCUT2D eigenvalue weighted by molar-refractivity contribution is -0.140. The third-order valence-corrected chi connectivity index (χ3v) is 4.96. The number of nitrogens with one attached hydrogen (secondary N) is 2. The van der Waals surface area contributed by atoms with E-state index in [9.17, 15) is 27.2 Å². The first-order valence-electron chi connectivity index (χ1n) is 9.65. The quantitative estimate of drug-likeness (QED) is 0.434. The number of hydrogen-bond acceptors (Lipinski definition) is 3.